The van der Waals surface area contributed by atoms with Gasteiger partial charge in [0.1, 0.15) is 17.7 Å². The van der Waals surface area contributed by atoms with Crippen LogP contribution in [0.3, 0.4) is 0 Å². The monoisotopic (exact) mass is 510 g/mol. The van der Waals surface area contributed by atoms with Gasteiger partial charge in [-0.05, 0) is 42.7 Å². The number of aryl methyl sites for hydroxylation is 1. The van der Waals surface area contributed by atoms with Crippen molar-refractivity contribution in [3.63, 3.8) is 0 Å². The Morgan fingerprint density at radius 2 is 1.97 bits per heavy atom. The molecule has 188 valence electrons. The van der Waals surface area contributed by atoms with Gasteiger partial charge in [-0.15, -0.1) is 11.8 Å². The fourth-order valence-electron chi connectivity index (χ4n) is 4.72. The Balaban J connectivity index is 1.39. The number of amides is 2. The molecule has 1 atom stereocenters. The first-order chi connectivity index (χ1) is 17.4. The molecule has 2 aliphatic rings. The largest absolute Gasteiger partial charge is 0.379 e. The number of piperidine rings is 1. The molecule has 36 heavy (non-hydrogen) atoms. The minimum Gasteiger partial charge on any atom is -0.379 e. The summed E-state index contributed by atoms with van der Waals surface area (Å²) in [6.07, 6.45) is 0.410. The zero-order valence-electron chi connectivity index (χ0n) is 20.0. The Morgan fingerprint density at radius 3 is 2.72 bits per heavy atom. The van der Waals surface area contributed by atoms with Gasteiger partial charge in [-0.25, -0.2) is 9.37 Å². The molecule has 0 bridgehead atoms. The molecule has 0 aliphatic carbocycles. The van der Waals surface area contributed by atoms with Gasteiger partial charge in [0, 0.05) is 36.7 Å². The van der Waals surface area contributed by atoms with Crippen LogP contribution in [0.25, 0.3) is 10.9 Å². The number of hydrogen-bond donors (Lipinski definition) is 1. The summed E-state index contributed by atoms with van der Waals surface area (Å²) in [4.78, 5) is 45.1. The highest BCUT2D eigenvalue weighted by Gasteiger charge is 2.30. The maximum Gasteiger partial charge on any atom is 0.263 e. The van der Waals surface area contributed by atoms with Gasteiger partial charge in [0.05, 0.1) is 24.1 Å². The fraction of sp³-hybridized carbons (Fsp3) is 0.385. The van der Waals surface area contributed by atoms with Gasteiger partial charge in [0.15, 0.2) is 0 Å². The van der Waals surface area contributed by atoms with Gasteiger partial charge in [0.25, 0.3) is 5.56 Å². The molecule has 2 aromatic carbocycles. The molecule has 3 aromatic rings. The van der Waals surface area contributed by atoms with Crippen LogP contribution in [0.5, 0.6) is 0 Å². The molecular formula is C26H27FN4O4S. The molecule has 8 nitrogen and oxygen atoms in total. The number of rotatable bonds is 6. The van der Waals surface area contributed by atoms with Gasteiger partial charge in [-0.3, -0.25) is 29.2 Å². The number of thioether (sulfide) groups is 1. The summed E-state index contributed by atoms with van der Waals surface area (Å²) < 4.78 is 21.7. The lowest BCUT2D eigenvalue weighted by atomic mass is 10.1. The summed E-state index contributed by atoms with van der Waals surface area (Å²) in [5.41, 5.74) is 1.65. The smallest absolute Gasteiger partial charge is 0.263 e. The number of imide groups is 1. The number of carbonyl (C=O) groups is 2. The van der Waals surface area contributed by atoms with Crippen LogP contribution in [-0.2, 0) is 26.6 Å². The predicted octanol–water partition coefficient (Wildman–Crippen LogP) is 2.95. The average Bonchev–Trinajstić information content (AvgIpc) is 2.85. The lowest BCUT2D eigenvalue weighted by Gasteiger charge is -2.26. The number of ether oxygens (including phenoxy) is 1. The van der Waals surface area contributed by atoms with Crippen molar-refractivity contribution in [1.82, 2.24) is 19.8 Å². The summed E-state index contributed by atoms with van der Waals surface area (Å²) in [7, 11) is 0. The molecular weight excluding hydrogens is 483 g/mol. The fourth-order valence-corrected chi connectivity index (χ4v) is 5.77. The first kappa shape index (κ1) is 24.6. The molecule has 10 heteroatoms. The van der Waals surface area contributed by atoms with E-state index in [0.717, 1.165) is 18.7 Å². The van der Waals surface area contributed by atoms with E-state index in [0.29, 0.717) is 52.7 Å². The average molecular weight is 511 g/mol. The van der Waals surface area contributed by atoms with E-state index in [9.17, 15) is 18.8 Å². The van der Waals surface area contributed by atoms with Crippen molar-refractivity contribution in [2.45, 2.75) is 43.0 Å². The van der Waals surface area contributed by atoms with Gasteiger partial charge in [-0.2, -0.15) is 0 Å². The molecule has 0 spiro atoms. The second kappa shape index (κ2) is 10.5. The minimum absolute atomic E-state index is 0.164. The number of fused-ring (bicyclic) bond motifs is 1. The van der Waals surface area contributed by atoms with E-state index in [2.05, 4.69) is 15.2 Å². The van der Waals surface area contributed by atoms with E-state index in [1.54, 1.807) is 25.1 Å². The molecule has 1 aromatic heterocycles. The van der Waals surface area contributed by atoms with Gasteiger partial charge >= 0.3 is 0 Å². The normalized spacial score (nSPS) is 19.0. The van der Waals surface area contributed by atoms with E-state index >= 15 is 0 Å². The Labute approximate surface area is 211 Å². The Hall–Kier alpha value is -3.08. The number of hydrogen-bond acceptors (Lipinski definition) is 7. The van der Waals surface area contributed by atoms with Crippen LogP contribution in [0.15, 0.2) is 46.1 Å². The minimum atomic E-state index is -0.790. The standard InChI is InChI=1S/C26H27FN4O4S/c1-16-28-20-3-2-4-22(24(20)26(34)31(16)21-7-8-23(32)29-25(21)33)36-15-18-6-5-17(13-19(18)27)14-30-9-11-35-12-10-30/h2-6,13,21H,7-12,14-15H2,1H3,(H,29,32,33). The Kier molecular flexibility index (Phi) is 7.17. The van der Waals surface area contributed by atoms with Crippen LogP contribution in [-0.4, -0.2) is 52.6 Å². The second-order valence-corrected chi connectivity index (χ2v) is 10.1. The van der Waals surface area contributed by atoms with Crippen LogP contribution in [0.1, 0.15) is 35.8 Å². The zero-order chi connectivity index (χ0) is 25.2. The third-order valence-electron chi connectivity index (χ3n) is 6.60. The number of benzene rings is 2. The van der Waals surface area contributed by atoms with Crippen molar-refractivity contribution in [1.29, 1.82) is 0 Å². The van der Waals surface area contributed by atoms with Gasteiger partial charge < -0.3 is 4.74 Å². The van der Waals surface area contributed by atoms with Crippen molar-refractivity contribution in [2.24, 2.45) is 0 Å². The van der Waals surface area contributed by atoms with E-state index < -0.39 is 11.9 Å². The molecule has 0 radical (unpaired) electrons. The van der Waals surface area contributed by atoms with Crippen LogP contribution >= 0.6 is 11.8 Å². The molecule has 3 heterocycles. The third kappa shape index (κ3) is 5.07. The number of nitrogens with zero attached hydrogens (tertiary/aromatic N) is 3. The molecule has 5 rings (SSSR count). The van der Waals surface area contributed by atoms with E-state index in [-0.39, 0.29) is 30.1 Å². The lowest BCUT2D eigenvalue weighted by molar-refractivity contribution is -0.135. The predicted molar refractivity (Wildman–Crippen MR) is 134 cm³/mol. The summed E-state index contributed by atoms with van der Waals surface area (Å²) in [5.74, 6) is -0.365. The molecule has 2 fully saturated rings. The van der Waals surface area contributed by atoms with Crippen molar-refractivity contribution in [2.75, 3.05) is 26.3 Å². The van der Waals surface area contributed by atoms with E-state index in [1.165, 1.54) is 16.3 Å². The number of halogens is 1. The van der Waals surface area contributed by atoms with E-state index in [4.69, 9.17) is 4.74 Å². The number of aromatic nitrogens is 2. The number of nitrogens with one attached hydrogen (secondary N) is 1. The van der Waals surface area contributed by atoms with Crippen molar-refractivity contribution in [3.05, 3.63) is 69.5 Å². The lowest BCUT2D eigenvalue weighted by Crippen LogP contribution is -2.45. The van der Waals surface area contributed by atoms with Crippen LogP contribution in [0, 0.1) is 12.7 Å². The first-order valence-corrected chi connectivity index (χ1v) is 12.9. The summed E-state index contributed by atoms with van der Waals surface area (Å²) in [5, 5.41) is 2.70. The molecule has 2 aliphatic heterocycles. The maximum absolute atomic E-state index is 14.9. The van der Waals surface area contributed by atoms with E-state index in [1.807, 2.05) is 18.2 Å². The highest BCUT2D eigenvalue weighted by Crippen LogP contribution is 2.30. The Bertz CT molecular complexity index is 1390. The molecule has 2 amide bonds. The molecule has 1 unspecified atom stereocenters. The van der Waals surface area contributed by atoms with Crippen molar-refractivity contribution < 1.29 is 18.7 Å². The molecule has 0 saturated carbocycles. The topological polar surface area (TPSA) is 93.5 Å². The summed E-state index contributed by atoms with van der Waals surface area (Å²) in [6.45, 7) is 5.43. The van der Waals surface area contributed by atoms with Crippen LogP contribution < -0.4 is 10.9 Å². The van der Waals surface area contributed by atoms with Crippen molar-refractivity contribution in [3.8, 4) is 0 Å². The maximum atomic E-state index is 14.9. The highest BCUT2D eigenvalue weighted by atomic mass is 32.2. The molecule has 2 saturated heterocycles. The van der Waals surface area contributed by atoms with Crippen LogP contribution in [0.4, 0.5) is 4.39 Å². The Morgan fingerprint density at radius 1 is 1.17 bits per heavy atom. The van der Waals surface area contributed by atoms with Crippen LogP contribution in [0.2, 0.25) is 0 Å². The SMILES string of the molecule is Cc1nc2cccc(SCc3ccc(CN4CCOCC4)cc3F)c2c(=O)n1C1CCC(=O)NC1=O. The number of carbonyl (C=O) groups excluding carboxylic acids is 2. The molecule has 1 N–H and O–H groups in total. The second-order valence-electron chi connectivity index (χ2n) is 9.05. The third-order valence-corrected chi connectivity index (χ3v) is 7.71. The quantitative estimate of drug-likeness (QED) is 0.403. The van der Waals surface area contributed by atoms with Crippen molar-refractivity contribution >= 4 is 34.5 Å². The zero-order valence-corrected chi connectivity index (χ0v) is 20.8. The number of morpholine rings is 1. The first-order valence-electron chi connectivity index (χ1n) is 12.0. The van der Waals surface area contributed by atoms with Gasteiger partial charge in [-0.1, -0.05) is 18.2 Å². The summed E-state index contributed by atoms with van der Waals surface area (Å²) in [6, 6.07) is 9.91. The van der Waals surface area contributed by atoms with Gasteiger partial charge in [0.2, 0.25) is 11.8 Å². The summed E-state index contributed by atoms with van der Waals surface area (Å²) >= 11 is 1.36. The highest BCUT2D eigenvalue weighted by molar-refractivity contribution is 7.98.